The highest BCUT2D eigenvalue weighted by Crippen LogP contribution is 2.28. The predicted molar refractivity (Wildman–Crippen MR) is 94.4 cm³/mol. The fraction of sp³-hybridized carbons (Fsp3) is 0. The SMILES string of the molecule is Nc1cccc(Nc2nccc(Sc3cccc(Br)c3)n2)c1. The summed E-state index contributed by atoms with van der Waals surface area (Å²) in [4.78, 5) is 9.86. The topological polar surface area (TPSA) is 63.8 Å². The minimum atomic E-state index is 0.547. The van der Waals surface area contributed by atoms with Crippen LogP contribution in [0.4, 0.5) is 17.3 Å². The highest BCUT2D eigenvalue weighted by molar-refractivity contribution is 9.10. The lowest BCUT2D eigenvalue weighted by atomic mass is 10.3. The van der Waals surface area contributed by atoms with E-state index in [0.717, 1.165) is 20.1 Å². The molecule has 1 heterocycles. The Labute approximate surface area is 141 Å². The van der Waals surface area contributed by atoms with E-state index < -0.39 is 0 Å². The summed E-state index contributed by atoms with van der Waals surface area (Å²) >= 11 is 5.05. The van der Waals surface area contributed by atoms with Gasteiger partial charge in [0.2, 0.25) is 5.95 Å². The summed E-state index contributed by atoms with van der Waals surface area (Å²) in [7, 11) is 0. The van der Waals surface area contributed by atoms with Gasteiger partial charge in [-0.1, -0.05) is 39.8 Å². The van der Waals surface area contributed by atoms with Crippen molar-refractivity contribution in [2.24, 2.45) is 0 Å². The van der Waals surface area contributed by atoms with E-state index in [1.54, 1.807) is 18.0 Å². The molecule has 0 saturated carbocycles. The summed E-state index contributed by atoms with van der Waals surface area (Å²) < 4.78 is 1.05. The van der Waals surface area contributed by atoms with Crippen molar-refractivity contribution in [3.8, 4) is 0 Å². The standard InChI is InChI=1S/C16H13BrN4S/c17-11-3-1-6-14(9-11)22-15-7-8-19-16(21-15)20-13-5-2-4-12(18)10-13/h1-10H,18H2,(H,19,20,21). The lowest BCUT2D eigenvalue weighted by Gasteiger charge is -2.07. The third-order valence-electron chi connectivity index (χ3n) is 2.79. The van der Waals surface area contributed by atoms with E-state index in [-0.39, 0.29) is 0 Å². The van der Waals surface area contributed by atoms with E-state index in [0.29, 0.717) is 11.6 Å². The van der Waals surface area contributed by atoms with Gasteiger partial charge in [-0.3, -0.25) is 0 Å². The summed E-state index contributed by atoms with van der Waals surface area (Å²) in [5.41, 5.74) is 7.33. The molecule has 0 unspecified atom stereocenters. The van der Waals surface area contributed by atoms with Gasteiger partial charge in [0.1, 0.15) is 5.03 Å². The molecule has 22 heavy (non-hydrogen) atoms. The Kier molecular flexibility index (Phi) is 4.60. The van der Waals surface area contributed by atoms with E-state index in [4.69, 9.17) is 5.73 Å². The zero-order chi connectivity index (χ0) is 15.4. The number of anilines is 3. The lowest BCUT2D eigenvalue weighted by Crippen LogP contribution is -1.98. The van der Waals surface area contributed by atoms with Gasteiger partial charge in [0.25, 0.3) is 0 Å². The molecule has 0 amide bonds. The first-order chi connectivity index (χ1) is 10.7. The van der Waals surface area contributed by atoms with Gasteiger partial charge in [-0.05, 0) is 42.5 Å². The number of hydrogen-bond acceptors (Lipinski definition) is 5. The van der Waals surface area contributed by atoms with Crippen molar-refractivity contribution in [3.05, 3.63) is 65.3 Å². The summed E-state index contributed by atoms with van der Waals surface area (Å²) in [6, 6.07) is 17.5. The molecule has 0 aliphatic carbocycles. The van der Waals surface area contributed by atoms with Gasteiger partial charge in [-0.25, -0.2) is 9.97 Å². The first-order valence-electron chi connectivity index (χ1n) is 6.58. The first-order valence-corrected chi connectivity index (χ1v) is 8.19. The van der Waals surface area contributed by atoms with Gasteiger partial charge in [0.15, 0.2) is 0 Å². The molecule has 3 aromatic rings. The van der Waals surface area contributed by atoms with Crippen molar-refractivity contribution in [1.29, 1.82) is 0 Å². The molecule has 0 bridgehead atoms. The van der Waals surface area contributed by atoms with Crippen molar-refractivity contribution >= 4 is 45.0 Å². The van der Waals surface area contributed by atoms with Gasteiger partial charge < -0.3 is 11.1 Å². The van der Waals surface area contributed by atoms with E-state index in [2.05, 4.69) is 37.3 Å². The average Bonchev–Trinajstić information content (AvgIpc) is 2.47. The van der Waals surface area contributed by atoms with Gasteiger partial charge in [-0.15, -0.1) is 0 Å². The van der Waals surface area contributed by atoms with Crippen LogP contribution in [0.15, 0.2) is 75.2 Å². The maximum atomic E-state index is 5.77. The van der Waals surface area contributed by atoms with Crippen molar-refractivity contribution in [2.75, 3.05) is 11.1 Å². The van der Waals surface area contributed by atoms with Crippen LogP contribution in [-0.4, -0.2) is 9.97 Å². The normalized spacial score (nSPS) is 10.4. The highest BCUT2D eigenvalue weighted by atomic mass is 79.9. The summed E-state index contributed by atoms with van der Waals surface area (Å²) in [5, 5.41) is 4.03. The number of nitrogens with zero attached hydrogens (tertiary/aromatic N) is 2. The molecule has 3 rings (SSSR count). The maximum absolute atomic E-state index is 5.77. The first kappa shape index (κ1) is 14.9. The second kappa shape index (κ2) is 6.81. The molecule has 0 radical (unpaired) electrons. The average molecular weight is 373 g/mol. The third kappa shape index (κ3) is 3.99. The van der Waals surface area contributed by atoms with Gasteiger partial charge in [-0.2, -0.15) is 0 Å². The smallest absolute Gasteiger partial charge is 0.228 e. The maximum Gasteiger partial charge on any atom is 0.228 e. The van der Waals surface area contributed by atoms with E-state index >= 15 is 0 Å². The molecule has 0 atom stereocenters. The summed E-state index contributed by atoms with van der Waals surface area (Å²) in [5.74, 6) is 0.547. The molecule has 0 aliphatic heterocycles. The van der Waals surface area contributed by atoms with Crippen LogP contribution in [0, 0.1) is 0 Å². The number of nitrogens with two attached hydrogens (primary N) is 1. The predicted octanol–water partition coefficient (Wildman–Crippen LogP) is 4.72. The molecule has 0 saturated heterocycles. The van der Waals surface area contributed by atoms with Crippen LogP contribution in [0.3, 0.4) is 0 Å². The second-order valence-electron chi connectivity index (χ2n) is 4.53. The molecule has 0 aliphatic rings. The monoisotopic (exact) mass is 372 g/mol. The van der Waals surface area contributed by atoms with E-state index in [1.807, 2.05) is 48.5 Å². The van der Waals surface area contributed by atoms with Crippen LogP contribution in [0.1, 0.15) is 0 Å². The molecule has 0 fully saturated rings. The molecule has 1 aromatic heterocycles. The fourth-order valence-electron chi connectivity index (χ4n) is 1.86. The number of aromatic nitrogens is 2. The molecular formula is C16H13BrN4S. The van der Waals surface area contributed by atoms with Crippen molar-refractivity contribution in [1.82, 2.24) is 9.97 Å². The van der Waals surface area contributed by atoms with Crippen LogP contribution in [0.25, 0.3) is 0 Å². The number of rotatable bonds is 4. The van der Waals surface area contributed by atoms with E-state index in [1.165, 1.54) is 0 Å². The largest absolute Gasteiger partial charge is 0.399 e. The van der Waals surface area contributed by atoms with Crippen molar-refractivity contribution in [3.63, 3.8) is 0 Å². The Balaban J connectivity index is 1.78. The Hall–Kier alpha value is -2.05. The Morgan fingerprint density at radius 2 is 1.91 bits per heavy atom. The van der Waals surface area contributed by atoms with Crippen LogP contribution < -0.4 is 11.1 Å². The number of hydrogen-bond donors (Lipinski definition) is 2. The Bertz CT molecular complexity index is 732. The number of halogens is 1. The highest BCUT2D eigenvalue weighted by Gasteiger charge is 2.03. The van der Waals surface area contributed by atoms with Crippen LogP contribution in [-0.2, 0) is 0 Å². The molecular weight excluding hydrogens is 360 g/mol. The van der Waals surface area contributed by atoms with E-state index in [9.17, 15) is 0 Å². The van der Waals surface area contributed by atoms with Crippen molar-refractivity contribution < 1.29 is 0 Å². The molecule has 110 valence electrons. The number of benzene rings is 2. The minimum absolute atomic E-state index is 0.547. The zero-order valence-electron chi connectivity index (χ0n) is 11.5. The fourth-order valence-corrected chi connectivity index (χ4v) is 3.24. The van der Waals surface area contributed by atoms with Gasteiger partial charge >= 0.3 is 0 Å². The Morgan fingerprint density at radius 3 is 2.73 bits per heavy atom. The molecule has 0 spiro atoms. The minimum Gasteiger partial charge on any atom is -0.399 e. The molecule has 2 aromatic carbocycles. The summed E-state index contributed by atoms with van der Waals surface area (Å²) in [6.07, 6.45) is 1.74. The molecule has 3 N–H and O–H groups in total. The third-order valence-corrected chi connectivity index (χ3v) is 4.21. The quantitative estimate of drug-likeness (QED) is 0.512. The van der Waals surface area contributed by atoms with Crippen LogP contribution >= 0.6 is 27.7 Å². The second-order valence-corrected chi connectivity index (χ2v) is 6.54. The number of nitrogen functional groups attached to an aromatic ring is 1. The Morgan fingerprint density at radius 1 is 1.05 bits per heavy atom. The van der Waals surface area contributed by atoms with Crippen LogP contribution in [0.5, 0.6) is 0 Å². The lowest BCUT2D eigenvalue weighted by molar-refractivity contribution is 1.05. The zero-order valence-corrected chi connectivity index (χ0v) is 13.9. The van der Waals surface area contributed by atoms with Crippen LogP contribution in [0.2, 0.25) is 0 Å². The summed E-state index contributed by atoms with van der Waals surface area (Å²) in [6.45, 7) is 0. The van der Waals surface area contributed by atoms with Gasteiger partial charge in [0, 0.05) is 26.9 Å². The van der Waals surface area contributed by atoms with Gasteiger partial charge in [0.05, 0.1) is 0 Å². The molecule has 4 nitrogen and oxygen atoms in total. The number of nitrogens with one attached hydrogen (secondary N) is 1. The molecule has 6 heteroatoms. The van der Waals surface area contributed by atoms with Crippen molar-refractivity contribution in [2.45, 2.75) is 9.92 Å².